The van der Waals surface area contributed by atoms with Crippen LogP contribution in [0.25, 0.3) is 0 Å². The summed E-state index contributed by atoms with van der Waals surface area (Å²) in [6, 6.07) is 0.394. The van der Waals surface area contributed by atoms with Crippen molar-refractivity contribution in [3.63, 3.8) is 0 Å². The fourth-order valence-electron chi connectivity index (χ4n) is 2.34. The third-order valence-corrected chi connectivity index (χ3v) is 3.65. The summed E-state index contributed by atoms with van der Waals surface area (Å²) in [7, 11) is 3.46. The molecular formula is C13H23N5O3. The van der Waals surface area contributed by atoms with Crippen molar-refractivity contribution >= 4 is 11.9 Å². The highest BCUT2D eigenvalue weighted by Gasteiger charge is 2.42. The summed E-state index contributed by atoms with van der Waals surface area (Å²) in [6.07, 6.45) is 0. The Labute approximate surface area is 124 Å². The first-order valence-corrected chi connectivity index (χ1v) is 7.02. The molecule has 0 aromatic carbocycles. The van der Waals surface area contributed by atoms with E-state index in [1.165, 1.54) is 0 Å². The van der Waals surface area contributed by atoms with Crippen LogP contribution in [-0.2, 0) is 16.1 Å². The zero-order valence-electron chi connectivity index (χ0n) is 13.0. The minimum atomic E-state index is -0.680. The smallest absolute Gasteiger partial charge is 0.319 e. The van der Waals surface area contributed by atoms with E-state index >= 15 is 0 Å². The summed E-state index contributed by atoms with van der Waals surface area (Å²) >= 11 is 0. The van der Waals surface area contributed by atoms with E-state index in [2.05, 4.69) is 15.5 Å². The van der Waals surface area contributed by atoms with Gasteiger partial charge in [0.2, 0.25) is 11.8 Å². The van der Waals surface area contributed by atoms with Crippen LogP contribution in [0.5, 0.6) is 0 Å². The quantitative estimate of drug-likeness (QED) is 0.732. The minimum Gasteiger partial charge on any atom is -0.407 e. The Hall–Kier alpha value is -1.67. The molecule has 1 aromatic rings. The molecule has 0 atom stereocenters. The number of ether oxygens (including phenoxy) is 1. The van der Waals surface area contributed by atoms with E-state index in [9.17, 15) is 4.79 Å². The number of nitrogens with zero attached hydrogens (tertiary/aromatic N) is 4. The lowest BCUT2D eigenvalue weighted by atomic mass is 9.98. The van der Waals surface area contributed by atoms with Crippen LogP contribution in [0.15, 0.2) is 4.42 Å². The lowest BCUT2D eigenvalue weighted by Gasteiger charge is -2.43. The van der Waals surface area contributed by atoms with Gasteiger partial charge in [-0.1, -0.05) is 5.10 Å². The number of carbonyl (C=O) groups excluding carboxylic acids is 1. The Morgan fingerprint density at radius 1 is 1.38 bits per heavy atom. The largest absolute Gasteiger partial charge is 0.407 e. The van der Waals surface area contributed by atoms with E-state index in [1.54, 1.807) is 19.1 Å². The number of carbonyl (C=O) groups is 1. The van der Waals surface area contributed by atoms with Crippen molar-refractivity contribution in [1.82, 2.24) is 20.4 Å². The van der Waals surface area contributed by atoms with Gasteiger partial charge in [0.1, 0.15) is 5.54 Å². The highest BCUT2D eigenvalue weighted by Crippen LogP contribution is 2.27. The topological polar surface area (TPSA) is 83.7 Å². The standard InChI is InChI=1S/C13H23N5O3/c1-13(2)11(19)17(3)6-7-18(13)12-16-15-10(21-12)9-14-5-8-20-4/h14H,5-9H2,1-4H3. The van der Waals surface area contributed by atoms with E-state index in [4.69, 9.17) is 9.15 Å². The maximum absolute atomic E-state index is 12.2. The van der Waals surface area contributed by atoms with Crippen LogP contribution in [-0.4, -0.2) is 66.9 Å². The Morgan fingerprint density at radius 2 is 2.14 bits per heavy atom. The summed E-state index contributed by atoms with van der Waals surface area (Å²) < 4.78 is 10.6. The molecule has 0 unspecified atom stereocenters. The molecule has 1 aliphatic heterocycles. The molecule has 0 aliphatic carbocycles. The first-order valence-electron chi connectivity index (χ1n) is 7.02. The van der Waals surface area contributed by atoms with Gasteiger partial charge in [0.05, 0.1) is 13.2 Å². The van der Waals surface area contributed by atoms with E-state index in [0.717, 1.165) is 0 Å². The minimum absolute atomic E-state index is 0.0479. The molecule has 1 amide bonds. The number of rotatable bonds is 6. The lowest BCUT2D eigenvalue weighted by molar-refractivity contribution is -0.136. The van der Waals surface area contributed by atoms with Gasteiger partial charge >= 0.3 is 6.01 Å². The van der Waals surface area contributed by atoms with Gasteiger partial charge in [0.15, 0.2) is 0 Å². The lowest BCUT2D eigenvalue weighted by Crippen LogP contribution is -2.62. The number of nitrogens with one attached hydrogen (secondary N) is 1. The number of likely N-dealkylation sites (N-methyl/N-ethyl adjacent to an activating group) is 1. The van der Waals surface area contributed by atoms with Crippen molar-refractivity contribution in [2.45, 2.75) is 25.9 Å². The zero-order chi connectivity index (χ0) is 15.5. The van der Waals surface area contributed by atoms with Gasteiger partial charge in [-0.25, -0.2) is 0 Å². The number of anilines is 1. The van der Waals surface area contributed by atoms with Gasteiger partial charge < -0.3 is 24.3 Å². The van der Waals surface area contributed by atoms with Crippen molar-refractivity contribution in [3.05, 3.63) is 5.89 Å². The van der Waals surface area contributed by atoms with Crippen LogP contribution in [0.3, 0.4) is 0 Å². The van der Waals surface area contributed by atoms with Gasteiger partial charge in [0, 0.05) is 33.8 Å². The highest BCUT2D eigenvalue weighted by molar-refractivity contribution is 5.89. The SMILES string of the molecule is COCCNCc1nnc(N2CCN(C)C(=O)C2(C)C)o1. The predicted molar refractivity (Wildman–Crippen MR) is 76.9 cm³/mol. The molecule has 118 valence electrons. The predicted octanol–water partition coefficient (Wildman–Crippen LogP) is -0.137. The summed E-state index contributed by atoms with van der Waals surface area (Å²) in [6.45, 7) is 6.88. The molecule has 8 heteroatoms. The van der Waals surface area contributed by atoms with Crippen LogP contribution < -0.4 is 10.2 Å². The number of hydrogen-bond donors (Lipinski definition) is 1. The molecule has 2 rings (SSSR count). The molecule has 1 aromatic heterocycles. The number of piperazine rings is 1. The van der Waals surface area contributed by atoms with Crippen LogP contribution in [0.4, 0.5) is 6.01 Å². The molecule has 2 heterocycles. The van der Waals surface area contributed by atoms with Crippen molar-refractivity contribution in [2.75, 3.05) is 45.3 Å². The average Bonchev–Trinajstić information content (AvgIpc) is 2.90. The molecule has 0 radical (unpaired) electrons. The molecule has 1 fully saturated rings. The number of amides is 1. The van der Waals surface area contributed by atoms with Crippen LogP contribution in [0.2, 0.25) is 0 Å². The fourth-order valence-corrected chi connectivity index (χ4v) is 2.34. The second-order valence-electron chi connectivity index (χ2n) is 5.59. The highest BCUT2D eigenvalue weighted by atomic mass is 16.5. The average molecular weight is 297 g/mol. The van der Waals surface area contributed by atoms with Crippen LogP contribution in [0.1, 0.15) is 19.7 Å². The van der Waals surface area contributed by atoms with Gasteiger partial charge in [-0.15, -0.1) is 5.10 Å². The van der Waals surface area contributed by atoms with Crippen molar-refractivity contribution < 1.29 is 13.9 Å². The molecule has 0 spiro atoms. The molecule has 1 saturated heterocycles. The third-order valence-electron chi connectivity index (χ3n) is 3.65. The second-order valence-corrected chi connectivity index (χ2v) is 5.59. The maximum Gasteiger partial charge on any atom is 0.319 e. The molecule has 8 nitrogen and oxygen atoms in total. The molecule has 1 aliphatic rings. The Kier molecular flexibility index (Phi) is 4.79. The second kappa shape index (κ2) is 6.40. The van der Waals surface area contributed by atoms with Gasteiger partial charge in [-0.2, -0.15) is 0 Å². The Morgan fingerprint density at radius 3 is 2.86 bits per heavy atom. The monoisotopic (exact) mass is 297 g/mol. The van der Waals surface area contributed by atoms with E-state index in [-0.39, 0.29) is 5.91 Å². The van der Waals surface area contributed by atoms with Gasteiger partial charge in [-0.05, 0) is 13.8 Å². The van der Waals surface area contributed by atoms with Crippen LogP contribution >= 0.6 is 0 Å². The van der Waals surface area contributed by atoms with E-state index in [0.29, 0.717) is 44.7 Å². The molecule has 21 heavy (non-hydrogen) atoms. The molecular weight excluding hydrogens is 274 g/mol. The van der Waals surface area contributed by atoms with E-state index in [1.807, 2.05) is 18.7 Å². The fraction of sp³-hybridized carbons (Fsp3) is 0.769. The number of aromatic nitrogens is 2. The summed E-state index contributed by atoms with van der Waals surface area (Å²) in [5, 5.41) is 11.2. The Bertz CT molecular complexity index is 488. The first-order chi connectivity index (χ1) is 9.96. The zero-order valence-corrected chi connectivity index (χ0v) is 13.0. The van der Waals surface area contributed by atoms with Crippen LogP contribution in [0, 0.1) is 0 Å². The van der Waals surface area contributed by atoms with Crippen molar-refractivity contribution in [3.8, 4) is 0 Å². The first kappa shape index (κ1) is 15.7. The number of hydrogen-bond acceptors (Lipinski definition) is 7. The molecule has 1 N–H and O–H groups in total. The van der Waals surface area contributed by atoms with Gasteiger partial charge in [0.25, 0.3) is 0 Å². The maximum atomic E-state index is 12.2. The van der Waals surface area contributed by atoms with Crippen molar-refractivity contribution in [2.24, 2.45) is 0 Å². The Balaban J connectivity index is 2.02. The third kappa shape index (κ3) is 3.33. The van der Waals surface area contributed by atoms with Crippen molar-refractivity contribution in [1.29, 1.82) is 0 Å². The van der Waals surface area contributed by atoms with Gasteiger partial charge in [-0.3, -0.25) is 4.79 Å². The molecule has 0 saturated carbocycles. The summed E-state index contributed by atoms with van der Waals surface area (Å²) in [5.41, 5.74) is -0.680. The molecule has 0 bridgehead atoms. The van der Waals surface area contributed by atoms with E-state index < -0.39 is 5.54 Å². The number of methoxy groups -OCH3 is 1. The normalized spacial score (nSPS) is 18.4. The summed E-state index contributed by atoms with van der Waals surface area (Å²) in [5.74, 6) is 0.551. The summed E-state index contributed by atoms with van der Waals surface area (Å²) in [4.78, 5) is 15.8.